The highest BCUT2D eigenvalue weighted by molar-refractivity contribution is 5.88. The van der Waals surface area contributed by atoms with E-state index in [4.69, 9.17) is 5.84 Å². The molecule has 1 aromatic heterocycles. The van der Waals surface area contributed by atoms with Crippen LogP contribution in [-0.4, -0.2) is 17.7 Å². The number of aromatic nitrogens is 1. The Hall–Kier alpha value is -2.98. The monoisotopic (exact) mass is 414 g/mol. The number of fused-ring (bicyclic) bond motifs is 1. The molecular formula is C27H34N4. The summed E-state index contributed by atoms with van der Waals surface area (Å²) in [5, 5.41) is 1.32. The zero-order chi connectivity index (χ0) is 22.0. The van der Waals surface area contributed by atoms with Crippen molar-refractivity contribution in [1.82, 2.24) is 9.99 Å². The Morgan fingerprint density at radius 1 is 1.03 bits per heavy atom. The highest BCUT2D eigenvalue weighted by Crippen LogP contribution is 2.46. The van der Waals surface area contributed by atoms with Crippen molar-refractivity contribution < 1.29 is 0 Å². The van der Waals surface area contributed by atoms with Gasteiger partial charge in [-0.25, -0.2) is 0 Å². The van der Waals surface area contributed by atoms with E-state index in [2.05, 4.69) is 109 Å². The van der Waals surface area contributed by atoms with Crippen LogP contribution in [0.5, 0.6) is 0 Å². The minimum Gasteiger partial charge on any atom is -0.372 e. The van der Waals surface area contributed by atoms with E-state index in [1.54, 1.807) is 0 Å². The number of nitrogens with zero attached hydrogens (tertiary/aromatic N) is 2. The van der Waals surface area contributed by atoms with Crippen molar-refractivity contribution in [3.8, 4) is 0 Å². The van der Waals surface area contributed by atoms with Crippen molar-refractivity contribution in [2.24, 2.45) is 5.84 Å². The molecule has 4 nitrogen and oxygen atoms in total. The summed E-state index contributed by atoms with van der Waals surface area (Å²) in [5.74, 6) is 5.90. The molecule has 2 aromatic carbocycles. The molecule has 3 N–H and O–H groups in total. The number of hydrogen-bond acceptors (Lipinski definition) is 3. The van der Waals surface area contributed by atoms with Crippen LogP contribution in [-0.2, 0) is 12.0 Å². The maximum Gasteiger partial charge on any atom is 0.0485 e. The smallest absolute Gasteiger partial charge is 0.0485 e. The van der Waals surface area contributed by atoms with Gasteiger partial charge in [0, 0.05) is 59.5 Å². The van der Waals surface area contributed by atoms with E-state index in [0.717, 1.165) is 31.8 Å². The van der Waals surface area contributed by atoms with E-state index >= 15 is 0 Å². The second-order valence-corrected chi connectivity index (χ2v) is 8.28. The van der Waals surface area contributed by atoms with Gasteiger partial charge in [0.1, 0.15) is 0 Å². The zero-order valence-electron chi connectivity index (χ0n) is 19.2. The number of aryl methyl sites for hydroxylation is 1. The Morgan fingerprint density at radius 3 is 2.39 bits per heavy atom. The molecule has 1 heterocycles. The number of anilines is 1. The average molecular weight is 415 g/mol. The average Bonchev–Trinajstić information content (AvgIpc) is 3.11. The molecule has 1 aliphatic carbocycles. The SMILES string of the molecule is CCN(CC)c1ccc(C2(c3c(C)n(CC)c4ccccc34)C=CC=C(NN)C2)cc1. The first-order valence-corrected chi connectivity index (χ1v) is 11.4. The normalized spacial score (nSPS) is 18.3. The van der Waals surface area contributed by atoms with Gasteiger partial charge < -0.3 is 14.9 Å². The predicted molar refractivity (Wildman–Crippen MR) is 132 cm³/mol. The number of nitrogens with two attached hydrogens (primary N) is 1. The Bertz CT molecular complexity index is 1120. The van der Waals surface area contributed by atoms with Crippen LogP contribution in [0, 0.1) is 6.92 Å². The fourth-order valence-electron chi connectivity index (χ4n) is 5.32. The molecule has 0 saturated carbocycles. The van der Waals surface area contributed by atoms with Crippen LogP contribution in [0.25, 0.3) is 10.9 Å². The number of rotatable bonds is 7. The topological polar surface area (TPSA) is 46.2 Å². The zero-order valence-corrected chi connectivity index (χ0v) is 19.2. The first-order chi connectivity index (χ1) is 15.1. The lowest BCUT2D eigenvalue weighted by atomic mass is 9.68. The maximum atomic E-state index is 5.90. The number of allylic oxidation sites excluding steroid dienone is 4. The molecular weight excluding hydrogens is 380 g/mol. The van der Waals surface area contributed by atoms with Gasteiger partial charge in [-0.15, -0.1) is 0 Å². The van der Waals surface area contributed by atoms with Gasteiger partial charge in [-0.3, -0.25) is 5.84 Å². The summed E-state index contributed by atoms with van der Waals surface area (Å²) in [4.78, 5) is 2.38. The minimum absolute atomic E-state index is 0.275. The van der Waals surface area contributed by atoms with Crippen LogP contribution < -0.4 is 16.2 Å². The molecule has 1 atom stereocenters. The molecule has 0 saturated heterocycles. The summed E-state index contributed by atoms with van der Waals surface area (Å²) < 4.78 is 2.43. The molecule has 162 valence electrons. The summed E-state index contributed by atoms with van der Waals surface area (Å²) in [6, 6.07) is 17.9. The van der Waals surface area contributed by atoms with E-state index in [0.29, 0.717) is 0 Å². The Labute approximate surface area is 186 Å². The molecule has 0 amide bonds. The second kappa shape index (κ2) is 8.64. The minimum atomic E-state index is -0.275. The summed E-state index contributed by atoms with van der Waals surface area (Å²) in [5.41, 5.74) is 10.2. The van der Waals surface area contributed by atoms with Crippen LogP contribution in [0.2, 0.25) is 0 Å². The molecule has 31 heavy (non-hydrogen) atoms. The largest absolute Gasteiger partial charge is 0.372 e. The van der Waals surface area contributed by atoms with Gasteiger partial charge in [0.15, 0.2) is 0 Å². The third kappa shape index (κ3) is 3.45. The lowest BCUT2D eigenvalue weighted by Gasteiger charge is -2.36. The first kappa shape index (κ1) is 21.3. The molecule has 4 rings (SSSR count). The number of para-hydroxylation sites is 1. The van der Waals surface area contributed by atoms with Crippen LogP contribution >= 0.6 is 0 Å². The van der Waals surface area contributed by atoms with Crippen molar-refractivity contribution in [2.45, 2.75) is 46.1 Å². The summed E-state index contributed by atoms with van der Waals surface area (Å²) >= 11 is 0. The lowest BCUT2D eigenvalue weighted by molar-refractivity contribution is 0.588. The van der Waals surface area contributed by atoms with Crippen molar-refractivity contribution in [3.05, 3.63) is 89.3 Å². The number of benzene rings is 2. The summed E-state index contributed by atoms with van der Waals surface area (Å²) in [6.07, 6.45) is 7.39. The number of hydrogen-bond donors (Lipinski definition) is 2. The van der Waals surface area contributed by atoms with Crippen molar-refractivity contribution in [2.75, 3.05) is 18.0 Å². The van der Waals surface area contributed by atoms with Crippen LogP contribution in [0.3, 0.4) is 0 Å². The highest BCUT2D eigenvalue weighted by atomic mass is 15.2. The van der Waals surface area contributed by atoms with Gasteiger partial charge in [-0.2, -0.15) is 0 Å². The van der Waals surface area contributed by atoms with Crippen molar-refractivity contribution >= 4 is 16.6 Å². The lowest BCUT2D eigenvalue weighted by Crippen LogP contribution is -2.34. The van der Waals surface area contributed by atoms with Gasteiger partial charge >= 0.3 is 0 Å². The standard InChI is InChI=1S/C27H34N4/c1-5-30(6-2)23-16-14-21(15-17-23)27(18-10-11-22(19-27)29-28)26-20(4)31(7-3)25-13-9-8-12-24(25)26/h8-18,29H,5-7,19,28H2,1-4H3. The van der Waals surface area contributed by atoms with E-state index in [1.165, 1.54) is 33.4 Å². The van der Waals surface area contributed by atoms with Gasteiger partial charge in [-0.05, 0) is 63.1 Å². The molecule has 0 bridgehead atoms. The van der Waals surface area contributed by atoms with Gasteiger partial charge in [0.05, 0.1) is 0 Å². The van der Waals surface area contributed by atoms with Gasteiger partial charge in [-0.1, -0.05) is 42.5 Å². The summed E-state index contributed by atoms with van der Waals surface area (Å²) in [6.45, 7) is 11.9. The molecule has 3 aromatic rings. The second-order valence-electron chi connectivity index (χ2n) is 8.28. The fourth-order valence-corrected chi connectivity index (χ4v) is 5.32. The molecule has 4 heteroatoms. The van der Waals surface area contributed by atoms with Crippen LogP contribution in [0.1, 0.15) is 44.0 Å². The van der Waals surface area contributed by atoms with Crippen LogP contribution in [0.15, 0.2) is 72.5 Å². The maximum absolute atomic E-state index is 5.90. The Morgan fingerprint density at radius 2 is 1.74 bits per heavy atom. The number of hydrazine groups is 1. The van der Waals surface area contributed by atoms with Crippen molar-refractivity contribution in [1.29, 1.82) is 0 Å². The Kier molecular flexibility index (Phi) is 5.92. The molecule has 0 aliphatic heterocycles. The van der Waals surface area contributed by atoms with E-state index < -0.39 is 0 Å². The molecule has 0 radical (unpaired) electrons. The summed E-state index contributed by atoms with van der Waals surface area (Å²) in [7, 11) is 0. The highest BCUT2D eigenvalue weighted by Gasteiger charge is 2.38. The third-order valence-electron chi connectivity index (χ3n) is 6.84. The predicted octanol–water partition coefficient (Wildman–Crippen LogP) is 5.41. The van der Waals surface area contributed by atoms with E-state index in [-0.39, 0.29) is 5.41 Å². The fraction of sp³-hybridized carbons (Fsp3) is 0.333. The quantitative estimate of drug-likeness (QED) is 0.401. The van der Waals surface area contributed by atoms with E-state index in [1.807, 2.05) is 0 Å². The molecule has 0 spiro atoms. The van der Waals surface area contributed by atoms with Gasteiger partial charge in [0.25, 0.3) is 0 Å². The first-order valence-electron chi connectivity index (χ1n) is 11.4. The molecule has 1 aliphatic rings. The van der Waals surface area contributed by atoms with Gasteiger partial charge in [0.2, 0.25) is 0 Å². The molecule has 1 unspecified atom stereocenters. The molecule has 0 fully saturated rings. The Balaban J connectivity index is 1.95. The number of nitrogens with one attached hydrogen (secondary N) is 1. The third-order valence-corrected chi connectivity index (χ3v) is 6.84. The van der Waals surface area contributed by atoms with E-state index in [9.17, 15) is 0 Å². The van der Waals surface area contributed by atoms with Crippen LogP contribution in [0.4, 0.5) is 5.69 Å². The van der Waals surface area contributed by atoms with Crippen molar-refractivity contribution in [3.63, 3.8) is 0 Å².